The number of nitrogens with zero attached hydrogens (tertiary/aromatic N) is 3. The second-order valence-electron chi connectivity index (χ2n) is 6.96. The first-order valence-corrected chi connectivity index (χ1v) is 8.37. The number of rotatable bonds is 6. The number of likely N-dealkylation sites (N-methyl/N-ethyl adjacent to an activating group) is 1. The van der Waals surface area contributed by atoms with Crippen molar-refractivity contribution in [1.82, 2.24) is 14.8 Å². The van der Waals surface area contributed by atoms with Crippen LogP contribution < -0.4 is 5.73 Å². The summed E-state index contributed by atoms with van der Waals surface area (Å²) in [6.07, 6.45) is -0.118. The normalized spacial score (nSPS) is 23.0. The molecule has 128 valence electrons. The van der Waals surface area contributed by atoms with Crippen LogP contribution in [0.3, 0.4) is 0 Å². The molecule has 2 N–H and O–H groups in total. The first kappa shape index (κ1) is 19.8. The van der Waals surface area contributed by atoms with Gasteiger partial charge >= 0.3 is 0 Å². The molecule has 1 fully saturated rings. The topological polar surface area (TPSA) is 45.4 Å². The lowest BCUT2D eigenvalue weighted by Gasteiger charge is -2.31. The fourth-order valence-corrected chi connectivity index (χ4v) is 3.72. The molecule has 4 nitrogen and oxygen atoms in total. The van der Waals surface area contributed by atoms with Crippen LogP contribution in [0.4, 0.5) is 4.39 Å². The van der Waals surface area contributed by atoms with Crippen LogP contribution in [0.15, 0.2) is 5.38 Å². The van der Waals surface area contributed by atoms with E-state index in [9.17, 15) is 4.39 Å². The minimum Gasteiger partial charge on any atom is -0.324 e. The van der Waals surface area contributed by atoms with E-state index in [4.69, 9.17) is 5.73 Å². The fraction of sp³-hybridized carbons (Fsp3) is 0.800. The van der Waals surface area contributed by atoms with Crippen LogP contribution in [0.2, 0.25) is 0 Å². The summed E-state index contributed by atoms with van der Waals surface area (Å²) in [6, 6.07) is 0.245. The maximum Gasteiger partial charge on any atom is 0.114 e. The highest BCUT2D eigenvalue weighted by Gasteiger charge is 2.33. The molecule has 0 amide bonds. The molecule has 22 heavy (non-hydrogen) atoms. The Bertz CT molecular complexity index is 463. The zero-order valence-corrected chi connectivity index (χ0v) is 15.5. The molecule has 1 aromatic heterocycles. The van der Waals surface area contributed by atoms with E-state index in [1.807, 2.05) is 20.8 Å². The number of likely N-dealkylation sites (tertiary alicyclic amines) is 1. The maximum atomic E-state index is 13.8. The van der Waals surface area contributed by atoms with Crippen LogP contribution in [0, 0.1) is 6.92 Å². The summed E-state index contributed by atoms with van der Waals surface area (Å²) in [5.74, 6) is 0. The fourth-order valence-electron chi connectivity index (χ4n) is 3.11. The van der Waals surface area contributed by atoms with E-state index in [-0.39, 0.29) is 24.0 Å². The molecular formula is C15H28ClFN4S. The summed E-state index contributed by atoms with van der Waals surface area (Å²) in [6.45, 7) is 8.97. The average Bonchev–Trinajstić information content (AvgIpc) is 2.84. The molecule has 1 aliphatic rings. The molecule has 2 heterocycles. The second kappa shape index (κ2) is 8.02. The van der Waals surface area contributed by atoms with Gasteiger partial charge in [-0.15, -0.1) is 23.7 Å². The van der Waals surface area contributed by atoms with E-state index >= 15 is 0 Å². The van der Waals surface area contributed by atoms with Crippen molar-refractivity contribution in [3.05, 3.63) is 16.1 Å². The summed E-state index contributed by atoms with van der Waals surface area (Å²) < 4.78 is 13.8. The van der Waals surface area contributed by atoms with Crippen LogP contribution in [-0.2, 0) is 6.54 Å². The van der Waals surface area contributed by atoms with Crippen LogP contribution in [0.25, 0.3) is 0 Å². The van der Waals surface area contributed by atoms with E-state index < -0.39 is 6.17 Å². The molecule has 1 saturated heterocycles. The highest BCUT2D eigenvalue weighted by Crippen LogP contribution is 2.24. The van der Waals surface area contributed by atoms with Gasteiger partial charge in [-0.2, -0.15) is 0 Å². The van der Waals surface area contributed by atoms with Crippen molar-refractivity contribution >= 4 is 23.7 Å². The zero-order valence-electron chi connectivity index (χ0n) is 13.9. The Morgan fingerprint density at radius 3 is 2.77 bits per heavy atom. The average molecular weight is 351 g/mol. The van der Waals surface area contributed by atoms with Crippen molar-refractivity contribution in [3.8, 4) is 0 Å². The molecule has 0 unspecified atom stereocenters. The Labute approximate surface area is 143 Å². The van der Waals surface area contributed by atoms with Gasteiger partial charge in [-0.3, -0.25) is 4.90 Å². The molecule has 0 aromatic carbocycles. The summed E-state index contributed by atoms with van der Waals surface area (Å²) in [5.41, 5.74) is 6.89. The highest BCUT2D eigenvalue weighted by atomic mass is 35.5. The largest absolute Gasteiger partial charge is 0.324 e. The molecule has 1 aliphatic heterocycles. The van der Waals surface area contributed by atoms with Gasteiger partial charge in [-0.25, -0.2) is 9.37 Å². The van der Waals surface area contributed by atoms with Crippen LogP contribution in [0.1, 0.15) is 31.0 Å². The SMILES string of the molecule is Cc1nc(CN2C[C@@H](F)C[C@H]2CN(C)CC(C)(C)N)cs1.Cl. The van der Waals surface area contributed by atoms with E-state index in [1.165, 1.54) is 0 Å². The number of nitrogens with two attached hydrogens (primary N) is 1. The minimum absolute atomic E-state index is 0. The maximum absolute atomic E-state index is 13.8. The van der Waals surface area contributed by atoms with Gasteiger partial charge in [0.05, 0.1) is 10.7 Å². The van der Waals surface area contributed by atoms with Gasteiger partial charge in [0.15, 0.2) is 0 Å². The lowest BCUT2D eigenvalue weighted by atomic mass is 10.1. The zero-order chi connectivity index (χ0) is 15.6. The predicted octanol–water partition coefficient (Wildman–Crippen LogP) is 2.45. The third-order valence-corrected chi connectivity index (χ3v) is 4.53. The van der Waals surface area contributed by atoms with Gasteiger partial charge in [0.2, 0.25) is 0 Å². The lowest BCUT2D eigenvalue weighted by molar-refractivity contribution is 0.168. The second-order valence-corrected chi connectivity index (χ2v) is 8.02. The number of alkyl halides is 1. The van der Waals surface area contributed by atoms with E-state index in [2.05, 4.69) is 27.2 Å². The van der Waals surface area contributed by atoms with Crippen LogP contribution in [0.5, 0.6) is 0 Å². The number of hydrogen-bond donors (Lipinski definition) is 1. The highest BCUT2D eigenvalue weighted by molar-refractivity contribution is 7.09. The summed E-state index contributed by atoms with van der Waals surface area (Å²) in [4.78, 5) is 8.92. The van der Waals surface area contributed by atoms with Crippen molar-refractivity contribution < 1.29 is 4.39 Å². The van der Waals surface area contributed by atoms with Crippen molar-refractivity contribution in [2.45, 2.75) is 51.5 Å². The number of thiazole rings is 1. The van der Waals surface area contributed by atoms with Gasteiger partial charge in [0.25, 0.3) is 0 Å². The van der Waals surface area contributed by atoms with Crippen molar-refractivity contribution in [1.29, 1.82) is 0 Å². The van der Waals surface area contributed by atoms with Gasteiger partial charge < -0.3 is 10.6 Å². The van der Waals surface area contributed by atoms with Gasteiger partial charge in [0.1, 0.15) is 6.17 Å². The van der Waals surface area contributed by atoms with E-state index in [0.29, 0.717) is 13.0 Å². The quantitative estimate of drug-likeness (QED) is 0.856. The third kappa shape index (κ3) is 6.08. The van der Waals surface area contributed by atoms with E-state index in [0.717, 1.165) is 30.3 Å². The Hall–Kier alpha value is -0.270. The summed E-state index contributed by atoms with van der Waals surface area (Å²) in [5, 5.41) is 3.14. The van der Waals surface area contributed by atoms with Crippen molar-refractivity contribution in [2.24, 2.45) is 5.73 Å². The number of halogens is 2. The van der Waals surface area contributed by atoms with Crippen LogP contribution in [-0.4, -0.2) is 59.2 Å². The van der Waals surface area contributed by atoms with Gasteiger partial charge in [0, 0.05) is 43.1 Å². The predicted molar refractivity (Wildman–Crippen MR) is 93.6 cm³/mol. The first-order valence-electron chi connectivity index (χ1n) is 7.49. The Balaban J connectivity index is 0.00000242. The standard InChI is InChI=1S/C15H27FN4S.ClH/c1-11-18-13(9-21-11)7-20-6-12(16)5-14(20)8-19(4)10-15(2,3)17;/h9,12,14H,5-8,10,17H2,1-4H3;1H/t12-,14-;/m0./s1. The number of hydrogen-bond acceptors (Lipinski definition) is 5. The van der Waals surface area contributed by atoms with Gasteiger partial charge in [-0.05, 0) is 34.2 Å². The van der Waals surface area contributed by atoms with Crippen molar-refractivity contribution in [3.63, 3.8) is 0 Å². The Morgan fingerprint density at radius 2 is 2.23 bits per heavy atom. The molecule has 0 spiro atoms. The smallest absolute Gasteiger partial charge is 0.114 e. The molecule has 0 saturated carbocycles. The van der Waals surface area contributed by atoms with Crippen molar-refractivity contribution in [2.75, 3.05) is 26.7 Å². The Morgan fingerprint density at radius 1 is 1.55 bits per heavy atom. The molecule has 1 aromatic rings. The third-order valence-electron chi connectivity index (χ3n) is 3.71. The minimum atomic E-state index is -0.728. The van der Waals surface area contributed by atoms with Gasteiger partial charge in [-0.1, -0.05) is 0 Å². The van der Waals surface area contributed by atoms with E-state index in [1.54, 1.807) is 11.3 Å². The monoisotopic (exact) mass is 350 g/mol. The molecule has 7 heteroatoms. The summed E-state index contributed by atoms with van der Waals surface area (Å²) >= 11 is 1.65. The number of aromatic nitrogens is 1. The molecule has 2 atom stereocenters. The molecule has 0 aliphatic carbocycles. The first-order chi connectivity index (χ1) is 9.73. The lowest BCUT2D eigenvalue weighted by Crippen LogP contribution is -2.47. The molecule has 0 radical (unpaired) electrons. The molecule has 0 bridgehead atoms. The van der Waals surface area contributed by atoms with Crippen LogP contribution >= 0.6 is 23.7 Å². The molecular weight excluding hydrogens is 323 g/mol. The summed E-state index contributed by atoms with van der Waals surface area (Å²) in [7, 11) is 2.06. The molecule has 2 rings (SSSR count). The Kier molecular flexibility index (Phi) is 7.20. The number of aryl methyl sites for hydroxylation is 1.